The van der Waals surface area contributed by atoms with E-state index < -0.39 is 0 Å². The summed E-state index contributed by atoms with van der Waals surface area (Å²) in [5.74, 6) is 1.83. The van der Waals surface area contributed by atoms with Crippen molar-refractivity contribution in [3.63, 3.8) is 0 Å². The Morgan fingerprint density at radius 3 is 1.01 bits per heavy atom. The minimum Gasteiger partial charge on any atom is -0.309 e. The van der Waals surface area contributed by atoms with Crippen molar-refractivity contribution in [2.24, 2.45) is 0 Å². The van der Waals surface area contributed by atoms with Crippen LogP contribution >= 0.6 is 0 Å². The van der Waals surface area contributed by atoms with Crippen LogP contribution < -0.4 is 4.90 Å². The molecule has 0 aliphatic heterocycles. The number of anilines is 3. The summed E-state index contributed by atoms with van der Waals surface area (Å²) in [5.41, 5.74) is 18.2. The van der Waals surface area contributed by atoms with E-state index in [4.69, 9.17) is 9.97 Å². The van der Waals surface area contributed by atoms with E-state index in [0.29, 0.717) is 0 Å². The van der Waals surface area contributed by atoms with Gasteiger partial charge >= 0.3 is 0 Å². The summed E-state index contributed by atoms with van der Waals surface area (Å²) < 4.78 is 9.37. The highest BCUT2D eigenvalue weighted by Crippen LogP contribution is 2.48. The first kappa shape index (κ1) is 42.4. The smallest absolute Gasteiger partial charge is 0.145 e. The SMILES string of the molecule is c1ccc(-c2nc3ccccc3n2-c2ccc(-n3c4ccccc4c4c(N(c5ccccc5)c5cccc6c5c5ccccc5n6-c5ccc(-n6c(-c7ccccc7)nc7ccccc76)cc5)cccc43)cc2)cc1. The second kappa shape index (κ2) is 17.2. The fourth-order valence-corrected chi connectivity index (χ4v) is 11.6. The van der Waals surface area contributed by atoms with E-state index >= 15 is 0 Å². The third kappa shape index (κ3) is 6.75. The number of hydrogen-bond acceptors (Lipinski definition) is 3. The van der Waals surface area contributed by atoms with Gasteiger partial charge in [0.1, 0.15) is 11.6 Å². The van der Waals surface area contributed by atoms with Gasteiger partial charge in [-0.2, -0.15) is 0 Å². The number of aromatic nitrogens is 6. The molecule has 0 saturated carbocycles. The maximum atomic E-state index is 5.12. The number of fused-ring (bicyclic) bond motifs is 8. The molecule has 4 heterocycles. The zero-order valence-corrected chi connectivity index (χ0v) is 40.6. The number of para-hydroxylation sites is 7. The van der Waals surface area contributed by atoms with Gasteiger partial charge in [-0.05, 0) is 121 Å². The van der Waals surface area contributed by atoms with E-state index in [1.165, 1.54) is 21.5 Å². The maximum absolute atomic E-state index is 5.12. The zero-order chi connectivity index (χ0) is 49.4. The number of imidazole rings is 2. The molecule has 11 aromatic carbocycles. The van der Waals surface area contributed by atoms with Crippen molar-refractivity contribution in [3.8, 4) is 45.5 Å². The molecule has 0 unspecified atom stereocenters. The van der Waals surface area contributed by atoms with Crippen molar-refractivity contribution in [2.75, 3.05) is 4.90 Å². The molecule has 15 rings (SSSR count). The lowest BCUT2D eigenvalue weighted by Crippen LogP contribution is -2.11. The van der Waals surface area contributed by atoms with Crippen molar-refractivity contribution in [2.45, 2.75) is 0 Å². The Hall–Kier alpha value is -10.2. The first-order valence-corrected chi connectivity index (χ1v) is 25.4. The van der Waals surface area contributed by atoms with E-state index in [1.54, 1.807) is 0 Å². The summed E-state index contributed by atoms with van der Waals surface area (Å²) in [5, 5.41) is 4.70. The minimum absolute atomic E-state index is 0.917. The molecule has 0 aliphatic rings. The van der Waals surface area contributed by atoms with Gasteiger partial charge in [0.15, 0.2) is 0 Å². The molecule has 75 heavy (non-hydrogen) atoms. The van der Waals surface area contributed by atoms with E-state index in [9.17, 15) is 0 Å². The first-order valence-electron chi connectivity index (χ1n) is 25.4. The molecule has 0 bridgehead atoms. The third-order valence-electron chi connectivity index (χ3n) is 14.8. The van der Waals surface area contributed by atoms with Gasteiger partial charge in [-0.25, -0.2) is 9.97 Å². The van der Waals surface area contributed by atoms with Gasteiger partial charge in [-0.3, -0.25) is 9.13 Å². The predicted molar refractivity (Wildman–Crippen MR) is 310 cm³/mol. The van der Waals surface area contributed by atoms with Crippen LogP contribution in [0.3, 0.4) is 0 Å². The fourth-order valence-electron chi connectivity index (χ4n) is 11.6. The molecular formula is C68H45N7. The van der Waals surface area contributed by atoms with Crippen LogP contribution in [-0.4, -0.2) is 28.2 Å². The van der Waals surface area contributed by atoms with Gasteiger partial charge in [-0.1, -0.05) is 152 Å². The lowest BCUT2D eigenvalue weighted by molar-refractivity contribution is 1.09. The number of benzene rings is 11. The monoisotopic (exact) mass is 959 g/mol. The van der Waals surface area contributed by atoms with Crippen LogP contribution in [0.25, 0.3) is 111 Å². The molecule has 15 aromatic rings. The van der Waals surface area contributed by atoms with Crippen LogP contribution in [0.5, 0.6) is 0 Å². The van der Waals surface area contributed by atoms with E-state index in [1.807, 2.05) is 12.1 Å². The highest BCUT2D eigenvalue weighted by molar-refractivity contribution is 6.20. The average molecular weight is 960 g/mol. The molecule has 0 saturated heterocycles. The number of hydrogen-bond donors (Lipinski definition) is 0. The Kier molecular flexibility index (Phi) is 9.75. The van der Waals surface area contributed by atoms with Crippen molar-refractivity contribution in [1.82, 2.24) is 28.2 Å². The van der Waals surface area contributed by atoms with Crippen LogP contribution in [0.1, 0.15) is 0 Å². The number of nitrogens with zero attached hydrogens (tertiary/aromatic N) is 7. The number of rotatable bonds is 9. The third-order valence-corrected chi connectivity index (χ3v) is 14.8. The largest absolute Gasteiger partial charge is 0.309 e. The highest BCUT2D eigenvalue weighted by Gasteiger charge is 2.25. The molecule has 4 aromatic heterocycles. The van der Waals surface area contributed by atoms with Crippen LogP contribution in [-0.2, 0) is 0 Å². The van der Waals surface area contributed by atoms with Gasteiger partial charge in [0, 0.05) is 61.1 Å². The summed E-state index contributed by atoms with van der Waals surface area (Å²) in [7, 11) is 0. The van der Waals surface area contributed by atoms with Crippen molar-refractivity contribution >= 4 is 82.7 Å². The Balaban J connectivity index is 0.893. The second-order valence-corrected chi connectivity index (χ2v) is 19.0. The Morgan fingerprint density at radius 2 is 0.587 bits per heavy atom. The molecule has 7 heteroatoms. The summed E-state index contributed by atoms with van der Waals surface area (Å²) in [6.45, 7) is 0. The highest BCUT2D eigenvalue weighted by atomic mass is 15.2. The van der Waals surface area contributed by atoms with E-state index in [-0.39, 0.29) is 0 Å². The molecule has 0 radical (unpaired) electrons. The summed E-state index contributed by atoms with van der Waals surface area (Å²) in [6, 6.07) is 97.5. The predicted octanol–water partition coefficient (Wildman–Crippen LogP) is 17.4. The molecule has 0 atom stereocenters. The van der Waals surface area contributed by atoms with Crippen molar-refractivity contribution in [1.29, 1.82) is 0 Å². The van der Waals surface area contributed by atoms with Gasteiger partial charge < -0.3 is 14.0 Å². The van der Waals surface area contributed by atoms with Crippen LogP contribution in [0.2, 0.25) is 0 Å². The van der Waals surface area contributed by atoms with Gasteiger partial charge in [0.25, 0.3) is 0 Å². The molecular weight excluding hydrogens is 915 g/mol. The lowest BCUT2D eigenvalue weighted by atomic mass is 10.1. The molecule has 352 valence electrons. The van der Waals surface area contributed by atoms with E-state index in [0.717, 1.165) is 107 Å². The standard InChI is InChI=1S/C68H45N7/c1-4-20-46(21-5-1)67-69-55-28-12-16-32-59(55)74(67)51-42-38-49(39-43-51)71-57-30-14-10-26-53(57)65-61(71)34-18-36-63(65)73(48-24-8-3-9-25-48)64-37-19-35-62-66(64)54-27-11-15-31-58(54)72(62)50-40-44-52(45-41-50)75-60-33-17-13-29-56(60)70-68(75)47-22-6-2-7-23-47/h1-45H. The van der Waals surface area contributed by atoms with Crippen molar-refractivity contribution in [3.05, 3.63) is 273 Å². The minimum atomic E-state index is 0.917. The molecule has 0 amide bonds. The second-order valence-electron chi connectivity index (χ2n) is 19.0. The van der Waals surface area contributed by atoms with Gasteiger partial charge in [-0.15, -0.1) is 0 Å². The zero-order valence-electron chi connectivity index (χ0n) is 40.6. The van der Waals surface area contributed by atoms with E-state index in [2.05, 4.69) is 284 Å². The lowest BCUT2D eigenvalue weighted by Gasteiger charge is -2.27. The maximum Gasteiger partial charge on any atom is 0.145 e. The molecule has 0 spiro atoms. The molecule has 0 aliphatic carbocycles. The van der Waals surface area contributed by atoms with Crippen LogP contribution in [0.15, 0.2) is 273 Å². The van der Waals surface area contributed by atoms with Crippen LogP contribution in [0.4, 0.5) is 17.1 Å². The average Bonchev–Trinajstić information content (AvgIpc) is 4.31. The Morgan fingerprint density at radius 1 is 0.253 bits per heavy atom. The quantitative estimate of drug-likeness (QED) is 0.145. The normalized spacial score (nSPS) is 11.7. The summed E-state index contributed by atoms with van der Waals surface area (Å²) in [6.07, 6.45) is 0. The van der Waals surface area contributed by atoms with Gasteiger partial charge in [0.2, 0.25) is 0 Å². The molecule has 7 nitrogen and oxygen atoms in total. The Bertz CT molecular complexity index is 4340. The first-order chi connectivity index (χ1) is 37.2. The van der Waals surface area contributed by atoms with Gasteiger partial charge in [0.05, 0.1) is 55.5 Å². The molecule has 0 fully saturated rings. The van der Waals surface area contributed by atoms with Crippen molar-refractivity contribution < 1.29 is 0 Å². The Labute approximate surface area is 432 Å². The summed E-state index contributed by atoms with van der Waals surface area (Å²) in [4.78, 5) is 12.7. The van der Waals surface area contributed by atoms with Crippen LogP contribution in [0, 0.1) is 0 Å². The fraction of sp³-hybridized carbons (Fsp3) is 0. The molecule has 0 N–H and O–H groups in total. The summed E-state index contributed by atoms with van der Waals surface area (Å²) >= 11 is 0. The topological polar surface area (TPSA) is 48.7 Å².